The van der Waals surface area contributed by atoms with E-state index in [1.807, 2.05) is 36.4 Å². The fourth-order valence-electron chi connectivity index (χ4n) is 4.81. The van der Waals surface area contributed by atoms with Gasteiger partial charge in [-0.1, -0.05) is 24.3 Å². The predicted molar refractivity (Wildman–Crippen MR) is 161 cm³/mol. The van der Waals surface area contributed by atoms with Gasteiger partial charge in [-0.15, -0.1) is 0 Å². The number of ketones is 1. The number of anilines is 2. The third-order valence-electron chi connectivity index (χ3n) is 7.06. The first-order valence-corrected chi connectivity index (χ1v) is 14.0. The van der Waals surface area contributed by atoms with Crippen LogP contribution in [0.1, 0.15) is 56.1 Å². The van der Waals surface area contributed by atoms with Gasteiger partial charge in [0.25, 0.3) is 0 Å². The molecule has 0 aliphatic heterocycles. The van der Waals surface area contributed by atoms with E-state index in [1.54, 1.807) is 34.1 Å². The van der Waals surface area contributed by atoms with Crippen molar-refractivity contribution in [2.75, 3.05) is 36.0 Å². The van der Waals surface area contributed by atoms with Crippen LogP contribution in [0.2, 0.25) is 0 Å². The van der Waals surface area contributed by atoms with Crippen molar-refractivity contribution in [1.82, 2.24) is 0 Å². The molecular formula is C32H36N2O9. The fraction of sp³-hybridized carbons (Fsp3) is 0.344. The van der Waals surface area contributed by atoms with Crippen LogP contribution in [-0.2, 0) is 24.0 Å². The second-order valence-electron chi connectivity index (χ2n) is 10.3. The van der Waals surface area contributed by atoms with Gasteiger partial charge in [0.15, 0.2) is 5.78 Å². The quantitative estimate of drug-likeness (QED) is 0.203. The summed E-state index contributed by atoms with van der Waals surface area (Å²) in [6.45, 7) is 0.720. The molecular weight excluding hydrogens is 556 g/mol. The normalized spacial score (nSPS) is 14.9. The van der Waals surface area contributed by atoms with E-state index in [1.165, 1.54) is 0 Å². The van der Waals surface area contributed by atoms with Gasteiger partial charge < -0.3 is 30.2 Å². The SMILES string of the molecule is O=C(O)CCN(CCC(=O)O)c1ccc(/C=C2\CCC/C(=C\c3ccc(N(CCC(=O)O)CCC(=O)O)cc3)C2=O)cc1. The predicted octanol–water partition coefficient (Wildman–Crippen LogP) is 4.42. The zero-order chi connectivity index (χ0) is 31.4. The van der Waals surface area contributed by atoms with Gasteiger partial charge in [-0.3, -0.25) is 24.0 Å². The van der Waals surface area contributed by atoms with Crippen molar-refractivity contribution in [3.05, 3.63) is 70.8 Å². The van der Waals surface area contributed by atoms with E-state index in [-0.39, 0.29) is 57.6 Å². The van der Waals surface area contributed by atoms with Crippen molar-refractivity contribution in [3.8, 4) is 0 Å². The Labute approximate surface area is 249 Å². The lowest BCUT2D eigenvalue weighted by atomic mass is 9.87. The summed E-state index contributed by atoms with van der Waals surface area (Å²) in [4.78, 5) is 60.8. The molecule has 1 saturated carbocycles. The van der Waals surface area contributed by atoms with Gasteiger partial charge in [-0.05, 0) is 66.8 Å². The summed E-state index contributed by atoms with van der Waals surface area (Å²) in [6, 6.07) is 14.4. The lowest BCUT2D eigenvalue weighted by Crippen LogP contribution is -2.28. The Bertz CT molecular complexity index is 1240. The van der Waals surface area contributed by atoms with Crippen molar-refractivity contribution in [2.45, 2.75) is 44.9 Å². The molecule has 2 aromatic carbocycles. The van der Waals surface area contributed by atoms with E-state index in [0.717, 1.165) is 17.5 Å². The largest absolute Gasteiger partial charge is 0.481 e. The Balaban J connectivity index is 1.73. The van der Waals surface area contributed by atoms with E-state index in [4.69, 9.17) is 20.4 Å². The number of nitrogens with zero attached hydrogens (tertiary/aromatic N) is 2. The van der Waals surface area contributed by atoms with E-state index in [9.17, 15) is 24.0 Å². The minimum Gasteiger partial charge on any atom is -0.481 e. The van der Waals surface area contributed by atoms with Gasteiger partial charge in [-0.2, -0.15) is 0 Å². The van der Waals surface area contributed by atoms with Gasteiger partial charge >= 0.3 is 23.9 Å². The summed E-state index contributed by atoms with van der Waals surface area (Å²) < 4.78 is 0. The van der Waals surface area contributed by atoms with Crippen LogP contribution in [-0.4, -0.2) is 76.3 Å². The smallest absolute Gasteiger partial charge is 0.305 e. The number of aliphatic carboxylic acids is 4. The molecule has 0 radical (unpaired) electrons. The van der Waals surface area contributed by atoms with Crippen LogP contribution in [0, 0.1) is 0 Å². The number of allylic oxidation sites excluding steroid dienone is 2. The average molecular weight is 593 g/mol. The number of carbonyl (C=O) groups is 5. The minimum absolute atomic E-state index is 0.0477. The zero-order valence-corrected chi connectivity index (χ0v) is 23.8. The van der Waals surface area contributed by atoms with Gasteiger partial charge in [-0.25, -0.2) is 0 Å². The highest BCUT2D eigenvalue weighted by atomic mass is 16.4. The third kappa shape index (κ3) is 10.8. The van der Waals surface area contributed by atoms with E-state index < -0.39 is 23.9 Å². The Morgan fingerprint density at radius 1 is 0.558 bits per heavy atom. The Hall–Kier alpha value is -4.93. The molecule has 1 fully saturated rings. The summed E-state index contributed by atoms with van der Waals surface area (Å²) in [7, 11) is 0. The number of rotatable bonds is 16. The average Bonchev–Trinajstić information content (AvgIpc) is 2.96. The maximum absolute atomic E-state index is 13.3. The molecule has 11 nitrogen and oxygen atoms in total. The highest BCUT2D eigenvalue weighted by molar-refractivity contribution is 6.14. The highest BCUT2D eigenvalue weighted by Gasteiger charge is 2.21. The van der Waals surface area contributed by atoms with Crippen LogP contribution in [0.5, 0.6) is 0 Å². The first-order chi connectivity index (χ1) is 20.5. The van der Waals surface area contributed by atoms with E-state index >= 15 is 0 Å². The molecule has 0 atom stereocenters. The monoisotopic (exact) mass is 592 g/mol. The van der Waals surface area contributed by atoms with Crippen molar-refractivity contribution in [1.29, 1.82) is 0 Å². The molecule has 0 heterocycles. The molecule has 3 rings (SSSR count). The van der Waals surface area contributed by atoms with Crippen LogP contribution in [0.15, 0.2) is 59.7 Å². The summed E-state index contributed by atoms with van der Waals surface area (Å²) in [6.07, 6.45) is 5.25. The van der Waals surface area contributed by atoms with Crippen molar-refractivity contribution in [3.63, 3.8) is 0 Å². The standard InChI is InChI=1S/C32H36N2O9/c35-28(36)12-16-33(17-13-29(37)38)26-8-4-22(5-9-26)20-24-2-1-3-25(32(24)43)21-23-6-10-27(11-7-23)34(18-14-30(39)40)19-15-31(41)42/h4-11,20-21H,1-3,12-19H2,(H,35,36)(H,37,38)(H,39,40)(H,41,42)/b24-20+,25-21+. The Morgan fingerprint density at radius 3 is 1.14 bits per heavy atom. The van der Waals surface area contributed by atoms with Gasteiger partial charge in [0, 0.05) is 48.7 Å². The topological polar surface area (TPSA) is 173 Å². The molecule has 0 bridgehead atoms. The van der Waals surface area contributed by atoms with Gasteiger partial charge in [0.2, 0.25) is 0 Å². The van der Waals surface area contributed by atoms with Crippen molar-refractivity contribution in [2.24, 2.45) is 0 Å². The molecule has 228 valence electrons. The summed E-state index contributed by atoms with van der Waals surface area (Å²) >= 11 is 0. The number of hydrogen-bond acceptors (Lipinski definition) is 7. The molecule has 43 heavy (non-hydrogen) atoms. The summed E-state index contributed by atoms with van der Waals surface area (Å²) in [5.41, 5.74) is 4.35. The second-order valence-corrected chi connectivity index (χ2v) is 10.3. The number of hydrogen-bond donors (Lipinski definition) is 4. The third-order valence-corrected chi connectivity index (χ3v) is 7.06. The number of carboxylic acid groups (broad SMARTS) is 4. The second kappa shape index (κ2) is 15.9. The van der Waals surface area contributed by atoms with Gasteiger partial charge in [0.05, 0.1) is 25.7 Å². The lowest BCUT2D eigenvalue weighted by Gasteiger charge is -2.24. The van der Waals surface area contributed by atoms with E-state index in [2.05, 4.69) is 0 Å². The number of carbonyl (C=O) groups excluding carboxylic acids is 1. The first-order valence-electron chi connectivity index (χ1n) is 14.0. The van der Waals surface area contributed by atoms with Crippen molar-refractivity contribution >= 4 is 53.2 Å². The molecule has 11 heteroatoms. The molecule has 0 amide bonds. The Morgan fingerprint density at radius 2 is 0.860 bits per heavy atom. The van der Waals surface area contributed by atoms with Crippen LogP contribution in [0.4, 0.5) is 11.4 Å². The Kier molecular flexibility index (Phi) is 12.1. The lowest BCUT2D eigenvalue weighted by molar-refractivity contribution is -0.138. The van der Waals surface area contributed by atoms with Crippen LogP contribution < -0.4 is 9.80 Å². The molecule has 0 unspecified atom stereocenters. The molecule has 0 saturated heterocycles. The minimum atomic E-state index is -0.967. The van der Waals surface area contributed by atoms with Crippen LogP contribution >= 0.6 is 0 Å². The van der Waals surface area contributed by atoms with Crippen LogP contribution in [0.3, 0.4) is 0 Å². The number of benzene rings is 2. The molecule has 1 aliphatic rings. The molecule has 4 N–H and O–H groups in total. The highest BCUT2D eigenvalue weighted by Crippen LogP contribution is 2.29. The maximum Gasteiger partial charge on any atom is 0.305 e. The van der Waals surface area contributed by atoms with Crippen molar-refractivity contribution < 1.29 is 44.4 Å². The molecule has 1 aliphatic carbocycles. The number of Topliss-reactive ketones (excluding diaryl/α,β-unsaturated/α-hetero) is 1. The molecule has 0 aromatic heterocycles. The maximum atomic E-state index is 13.3. The summed E-state index contributed by atoms with van der Waals surface area (Å²) in [5.74, 6) is -3.92. The zero-order valence-electron chi connectivity index (χ0n) is 23.8. The van der Waals surface area contributed by atoms with Gasteiger partial charge in [0.1, 0.15) is 0 Å². The number of carboxylic acids is 4. The van der Waals surface area contributed by atoms with Crippen LogP contribution in [0.25, 0.3) is 12.2 Å². The fourth-order valence-corrected chi connectivity index (χ4v) is 4.81. The molecule has 2 aromatic rings. The van der Waals surface area contributed by atoms with E-state index in [0.29, 0.717) is 35.4 Å². The molecule has 0 spiro atoms. The summed E-state index contributed by atoms with van der Waals surface area (Å²) in [5, 5.41) is 36.1. The first kappa shape index (κ1) is 32.6.